The van der Waals surface area contributed by atoms with Gasteiger partial charge in [-0.3, -0.25) is 0 Å². The fraction of sp³-hybridized carbons (Fsp3) is 0.250. The van der Waals surface area contributed by atoms with E-state index < -0.39 is 5.82 Å². The van der Waals surface area contributed by atoms with Gasteiger partial charge in [0, 0.05) is 12.1 Å². The average molecular weight is 155 g/mol. The highest BCUT2D eigenvalue weighted by Crippen LogP contribution is 2.20. The average Bonchev–Trinajstić information content (AvgIpc) is 2.03. The lowest BCUT2D eigenvalue weighted by molar-refractivity contribution is 0.388. The molecule has 2 nitrogen and oxygen atoms in total. The molecule has 0 aliphatic carbocycles. The summed E-state index contributed by atoms with van der Waals surface area (Å²) in [6.45, 7) is 0. The highest BCUT2D eigenvalue weighted by atomic mass is 19.1. The van der Waals surface area contributed by atoms with Crippen molar-refractivity contribution in [2.24, 2.45) is 0 Å². The summed E-state index contributed by atoms with van der Waals surface area (Å²) in [5.74, 6) is 0.279. The Balaban J connectivity index is 3.02. The molecule has 0 aromatic heterocycles. The molecule has 1 aromatic carbocycles. The van der Waals surface area contributed by atoms with E-state index in [1.807, 2.05) is 0 Å². The van der Waals surface area contributed by atoms with Crippen LogP contribution in [0.25, 0.3) is 0 Å². The van der Waals surface area contributed by atoms with Crippen molar-refractivity contribution >= 4 is 0 Å². The zero-order valence-corrected chi connectivity index (χ0v) is 6.35. The van der Waals surface area contributed by atoms with Gasteiger partial charge in [0.2, 0.25) is 0 Å². The van der Waals surface area contributed by atoms with Crippen LogP contribution in [0.5, 0.6) is 11.5 Å². The molecular weight excluding hydrogens is 147 g/mol. The van der Waals surface area contributed by atoms with Crippen LogP contribution < -0.4 is 9.47 Å². The molecule has 1 radical (unpaired) electrons. The first-order valence-corrected chi connectivity index (χ1v) is 3.07. The minimum absolute atomic E-state index is 0.335. The predicted octanol–water partition coefficient (Wildman–Crippen LogP) is 1.64. The summed E-state index contributed by atoms with van der Waals surface area (Å²) in [6, 6.07) is 5.16. The molecule has 0 spiro atoms. The van der Waals surface area contributed by atoms with Crippen LogP contribution in [0.1, 0.15) is 0 Å². The molecular formula is C8H8FO2. The number of hydrogen-bond donors (Lipinski definition) is 0. The van der Waals surface area contributed by atoms with Gasteiger partial charge in [0.05, 0.1) is 20.3 Å². The van der Waals surface area contributed by atoms with Gasteiger partial charge in [0.25, 0.3) is 0 Å². The molecule has 0 bridgehead atoms. The molecule has 0 aliphatic rings. The summed E-state index contributed by atoms with van der Waals surface area (Å²) >= 11 is 0. The van der Waals surface area contributed by atoms with E-state index in [4.69, 9.17) is 9.47 Å². The third-order valence-electron chi connectivity index (χ3n) is 1.24. The van der Waals surface area contributed by atoms with Crippen molar-refractivity contribution in [2.75, 3.05) is 14.2 Å². The summed E-state index contributed by atoms with van der Waals surface area (Å²) in [7, 11) is 2.92. The largest absolute Gasteiger partial charge is 0.497 e. The second kappa shape index (κ2) is 3.23. The lowest BCUT2D eigenvalue weighted by atomic mass is 10.3. The van der Waals surface area contributed by atoms with Crippen molar-refractivity contribution < 1.29 is 13.9 Å². The maximum absolute atomic E-state index is 12.6. The number of halogens is 1. The van der Waals surface area contributed by atoms with Crippen LogP contribution in [-0.4, -0.2) is 14.2 Å². The topological polar surface area (TPSA) is 18.5 Å². The third kappa shape index (κ3) is 1.83. The van der Waals surface area contributed by atoms with Crippen LogP contribution in [0, 0.1) is 11.9 Å². The van der Waals surface area contributed by atoms with Crippen LogP contribution >= 0.6 is 0 Å². The van der Waals surface area contributed by atoms with Gasteiger partial charge in [0.1, 0.15) is 17.3 Å². The Morgan fingerprint density at radius 2 is 2.00 bits per heavy atom. The fourth-order valence-corrected chi connectivity index (χ4v) is 0.713. The molecule has 3 heteroatoms. The standard InChI is InChI=1S/C8H8FO2/c1-10-7-3-6(9)4-8(5-7)11-2/h3,5H,1-2H3. The number of ether oxygens (including phenoxy) is 2. The van der Waals surface area contributed by atoms with E-state index in [0.717, 1.165) is 0 Å². The first-order valence-electron chi connectivity index (χ1n) is 3.07. The SMILES string of the molecule is COc1[c]c(F)cc(OC)c1. The Hall–Kier alpha value is -1.25. The fourth-order valence-electron chi connectivity index (χ4n) is 0.713. The van der Waals surface area contributed by atoms with Crippen molar-refractivity contribution in [3.63, 3.8) is 0 Å². The monoisotopic (exact) mass is 155 g/mol. The molecule has 0 atom stereocenters. The molecule has 0 N–H and O–H groups in total. The Morgan fingerprint density at radius 1 is 1.27 bits per heavy atom. The second-order valence-corrected chi connectivity index (χ2v) is 1.94. The molecule has 0 amide bonds. The highest BCUT2D eigenvalue weighted by Gasteiger charge is 2.00. The Labute approximate surface area is 64.6 Å². The summed E-state index contributed by atoms with van der Waals surface area (Å²) < 4.78 is 22.1. The number of hydrogen-bond acceptors (Lipinski definition) is 2. The third-order valence-corrected chi connectivity index (χ3v) is 1.24. The minimum Gasteiger partial charge on any atom is -0.497 e. The maximum Gasteiger partial charge on any atom is 0.138 e. The molecule has 0 saturated heterocycles. The summed E-state index contributed by atoms with van der Waals surface area (Å²) in [4.78, 5) is 0. The molecule has 1 aromatic rings. The van der Waals surface area contributed by atoms with Gasteiger partial charge in [-0.1, -0.05) is 0 Å². The van der Waals surface area contributed by atoms with Crippen LogP contribution in [0.2, 0.25) is 0 Å². The lowest BCUT2D eigenvalue weighted by Crippen LogP contribution is -1.88. The molecule has 0 fully saturated rings. The maximum atomic E-state index is 12.6. The molecule has 11 heavy (non-hydrogen) atoms. The first kappa shape index (κ1) is 7.85. The molecule has 0 heterocycles. The van der Waals surface area contributed by atoms with Gasteiger partial charge in [0.15, 0.2) is 0 Å². The number of benzene rings is 1. The van der Waals surface area contributed by atoms with E-state index in [0.29, 0.717) is 11.5 Å². The van der Waals surface area contributed by atoms with Crippen LogP contribution in [0.3, 0.4) is 0 Å². The summed E-state index contributed by atoms with van der Waals surface area (Å²) in [5, 5.41) is 0. The van der Waals surface area contributed by atoms with Crippen LogP contribution in [0.15, 0.2) is 12.1 Å². The van der Waals surface area contributed by atoms with Gasteiger partial charge in [-0.25, -0.2) is 4.39 Å². The first-order chi connectivity index (χ1) is 5.26. The smallest absolute Gasteiger partial charge is 0.138 e. The van der Waals surface area contributed by atoms with E-state index in [9.17, 15) is 4.39 Å². The molecule has 59 valence electrons. The van der Waals surface area contributed by atoms with E-state index in [1.54, 1.807) is 6.07 Å². The van der Waals surface area contributed by atoms with Crippen molar-refractivity contribution in [2.45, 2.75) is 0 Å². The van der Waals surface area contributed by atoms with Gasteiger partial charge in [-0.15, -0.1) is 0 Å². The van der Waals surface area contributed by atoms with Crippen molar-refractivity contribution in [1.82, 2.24) is 0 Å². The quantitative estimate of drug-likeness (QED) is 0.646. The molecule has 0 unspecified atom stereocenters. The van der Waals surface area contributed by atoms with E-state index in [1.165, 1.54) is 20.3 Å². The number of methoxy groups -OCH3 is 2. The normalized spacial score (nSPS) is 9.36. The molecule has 0 saturated carbocycles. The predicted molar refractivity (Wildman–Crippen MR) is 38.3 cm³/mol. The van der Waals surface area contributed by atoms with Gasteiger partial charge in [-0.2, -0.15) is 0 Å². The van der Waals surface area contributed by atoms with E-state index >= 15 is 0 Å². The van der Waals surface area contributed by atoms with Crippen LogP contribution in [0.4, 0.5) is 4.39 Å². The highest BCUT2D eigenvalue weighted by molar-refractivity contribution is 5.32. The lowest BCUT2D eigenvalue weighted by Gasteiger charge is -2.02. The summed E-state index contributed by atoms with van der Waals surface area (Å²) in [6.07, 6.45) is 0. The minimum atomic E-state index is -0.485. The van der Waals surface area contributed by atoms with Crippen molar-refractivity contribution in [3.05, 3.63) is 24.0 Å². The summed E-state index contributed by atoms with van der Waals surface area (Å²) in [5.41, 5.74) is 0. The second-order valence-electron chi connectivity index (χ2n) is 1.94. The van der Waals surface area contributed by atoms with E-state index in [-0.39, 0.29) is 0 Å². The van der Waals surface area contributed by atoms with Gasteiger partial charge in [-0.05, 0) is 0 Å². The zero-order chi connectivity index (χ0) is 8.27. The van der Waals surface area contributed by atoms with Crippen molar-refractivity contribution in [3.8, 4) is 11.5 Å². The zero-order valence-electron chi connectivity index (χ0n) is 6.35. The number of rotatable bonds is 2. The Morgan fingerprint density at radius 3 is 2.55 bits per heavy atom. The van der Waals surface area contributed by atoms with E-state index in [2.05, 4.69) is 6.07 Å². The van der Waals surface area contributed by atoms with Crippen molar-refractivity contribution in [1.29, 1.82) is 0 Å². The van der Waals surface area contributed by atoms with Gasteiger partial charge < -0.3 is 9.47 Å². The van der Waals surface area contributed by atoms with Crippen LogP contribution in [-0.2, 0) is 0 Å². The Bertz CT molecular complexity index is 226. The van der Waals surface area contributed by atoms with Gasteiger partial charge >= 0.3 is 0 Å². The molecule has 1 rings (SSSR count). The Kier molecular flexibility index (Phi) is 2.31. The molecule has 0 aliphatic heterocycles.